The number of aromatic amines is 1. The number of oxime groups is 1. The molecule has 3 atom stereocenters. The van der Waals surface area contributed by atoms with Crippen molar-refractivity contribution in [3.63, 3.8) is 0 Å². The van der Waals surface area contributed by atoms with Crippen LogP contribution in [0.15, 0.2) is 67.2 Å². The Morgan fingerprint density at radius 1 is 1.31 bits per heavy atom. The number of hydrogen-bond donors (Lipinski definition) is 4. The fourth-order valence-electron chi connectivity index (χ4n) is 4.16. The van der Waals surface area contributed by atoms with Crippen LogP contribution in [-0.4, -0.2) is 95.3 Å². The zero-order valence-corrected chi connectivity index (χ0v) is 23.6. The number of thioether (sulfide) groups is 2. The number of H-pyrrole nitrogens is 1. The molecule has 2 aliphatic rings. The Hall–Kier alpha value is -4.14. The first-order valence-corrected chi connectivity index (χ1v) is 15.5. The van der Waals surface area contributed by atoms with E-state index in [0.29, 0.717) is 5.76 Å². The van der Waals surface area contributed by atoms with Gasteiger partial charge in [0, 0.05) is 11.0 Å². The summed E-state index contributed by atoms with van der Waals surface area (Å²) in [6.45, 7) is -0.0741. The predicted molar refractivity (Wildman–Crippen MR) is 143 cm³/mol. The molecular weight excluding hydrogens is 618 g/mol. The van der Waals surface area contributed by atoms with Crippen LogP contribution >= 0.6 is 23.5 Å². The van der Waals surface area contributed by atoms with Crippen LogP contribution in [0.2, 0.25) is 0 Å². The van der Waals surface area contributed by atoms with Gasteiger partial charge in [-0.2, -0.15) is 13.6 Å². The SMILES string of the molecule is O=C(O)C1=C(C(CCS(=O)(=O)O)Sc2nn[nH]n2)CS[C@H]2C(NC(=O)C(=NOCc3ccco3)c3ccco3)C(=O)N12. The number of β-lactam (4-membered cyclic amide) rings is 1. The molecule has 0 bridgehead atoms. The van der Waals surface area contributed by atoms with Crippen molar-refractivity contribution in [3.05, 3.63) is 59.6 Å². The molecule has 4 N–H and O–H groups in total. The van der Waals surface area contributed by atoms with Crippen LogP contribution in [0.1, 0.15) is 17.9 Å². The van der Waals surface area contributed by atoms with E-state index in [2.05, 4.69) is 31.1 Å². The number of carbonyl (C=O) groups excluding carboxylic acids is 2. The second-order valence-corrected chi connectivity index (χ2v) is 12.5. The maximum absolute atomic E-state index is 13.2. The standard InChI is InChI=1S/C22H21N7O10S3/c30-18(15(13-4-2-7-38-13)26-39-9-11-3-1-6-37-11)23-16-19(31)29-17(21(32)33)12(10-40-20(16)29)14(5-8-42(34,35)36)41-22-24-27-28-25-22/h1-4,6-7,14,16,20H,5,8-10H2,(H,23,30)(H,32,33)(H,34,35,36)(H,24,25,27,28)/t14?,16?,20-/m0/s1. The first kappa shape index (κ1) is 29.4. The fourth-order valence-corrected chi connectivity index (χ4v) is 7.38. The average Bonchev–Trinajstić information content (AvgIpc) is 3.75. The van der Waals surface area contributed by atoms with Gasteiger partial charge in [0.2, 0.25) is 10.9 Å². The van der Waals surface area contributed by atoms with E-state index in [1.807, 2.05) is 0 Å². The Labute approximate surface area is 244 Å². The normalized spacial score (nSPS) is 19.7. The smallest absolute Gasteiger partial charge is 0.352 e. The first-order valence-electron chi connectivity index (χ1n) is 12.0. The van der Waals surface area contributed by atoms with Crippen LogP contribution in [0.25, 0.3) is 0 Å². The molecule has 2 unspecified atom stereocenters. The minimum Gasteiger partial charge on any atom is -0.477 e. The lowest BCUT2D eigenvalue weighted by Crippen LogP contribution is -2.71. The number of carboxylic acid groups (broad SMARTS) is 1. The summed E-state index contributed by atoms with van der Waals surface area (Å²) in [7, 11) is -4.38. The van der Waals surface area contributed by atoms with Gasteiger partial charge in [0.1, 0.15) is 22.9 Å². The lowest BCUT2D eigenvalue weighted by Gasteiger charge is -2.50. The summed E-state index contributed by atoms with van der Waals surface area (Å²) >= 11 is 2.10. The van der Waals surface area contributed by atoms with Crippen molar-refractivity contribution < 1.29 is 46.1 Å². The summed E-state index contributed by atoms with van der Waals surface area (Å²) < 4.78 is 42.6. The summed E-state index contributed by atoms with van der Waals surface area (Å²) in [6.07, 6.45) is 2.58. The van der Waals surface area contributed by atoms with Crippen molar-refractivity contribution in [1.82, 2.24) is 30.8 Å². The Bertz CT molecular complexity index is 1610. The highest BCUT2D eigenvalue weighted by molar-refractivity contribution is 8.01. The number of tetrazole rings is 1. The van der Waals surface area contributed by atoms with Crippen LogP contribution < -0.4 is 5.32 Å². The highest BCUT2D eigenvalue weighted by Gasteiger charge is 2.55. The van der Waals surface area contributed by atoms with Gasteiger partial charge in [-0.3, -0.25) is 19.0 Å². The Balaban J connectivity index is 1.35. The van der Waals surface area contributed by atoms with Gasteiger partial charge in [0.15, 0.2) is 12.4 Å². The number of aliphatic carboxylic acids is 1. The molecule has 3 aromatic heterocycles. The van der Waals surface area contributed by atoms with Gasteiger partial charge >= 0.3 is 5.97 Å². The van der Waals surface area contributed by atoms with Gasteiger partial charge in [-0.05, 0) is 41.5 Å². The zero-order chi connectivity index (χ0) is 29.9. The monoisotopic (exact) mass is 639 g/mol. The van der Waals surface area contributed by atoms with Gasteiger partial charge in [0.05, 0.1) is 18.3 Å². The summed E-state index contributed by atoms with van der Waals surface area (Å²) in [5, 5.41) is 28.3. The Morgan fingerprint density at radius 2 is 2.10 bits per heavy atom. The summed E-state index contributed by atoms with van der Waals surface area (Å²) in [5.41, 5.74) is -0.383. The molecule has 0 saturated carbocycles. The van der Waals surface area contributed by atoms with E-state index in [9.17, 15) is 32.5 Å². The number of nitrogens with one attached hydrogen (secondary N) is 2. The maximum Gasteiger partial charge on any atom is 0.352 e. The van der Waals surface area contributed by atoms with Crippen molar-refractivity contribution in [3.8, 4) is 0 Å². The van der Waals surface area contributed by atoms with Crippen molar-refractivity contribution in [2.24, 2.45) is 5.16 Å². The number of aromatic nitrogens is 4. The highest BCUT2D eigenvalue weighted by Crippen LogP contribution is 2.44. The molecule has 1 fully saturated rings. The second kappa shape index (κ2) is 12.4. The van der Waals surface area contributed by atoms with Crippen molar-refractivity contribution in [2.75, 3.05) is 11.5 Å². The van der Waals surface area contributed by atoms with E-state index in [-0.39, 0.29) is 46.7 Å². The van der Waals surface area contributed by atoms with Gasteiger partial charge in [-0.15, -0.1) is 22.0 Å². The van der Waals surface area contributed by atoms with E-state index in [1.54, 1.807) is 12.1 Å². The molecule has 2 aliphatic heterocycles. The first-order chi connectivity index (χ1) is 20.1. The van der Waals surface area contributed by atoms with Gasteiger partial charge in [-0.1, -0.05) is 16.9 Å². The molecule has 3 aromatic rings. The molecule has 5 heterocycles. The number of fused-ring (bicyclic) bond motifs is 1. The molecule has 0 radical (unpaired) electrons. The third kappa shape index (κ3) is 6.50. The van der Waals surface area contributed by atoms with E-state index in [4.69, 9.17) is 13.7 Å². The lowest BCUT2D eigenvalue weighted by molar-refractivity contribution is -0.150. The molecule has 222 valence electrons. The Kier molecular flexibility index (Phi) is 8.66. The quantitative estimate of drug-likeness (QED) is 0.0653. The summed E-state index contributed by atoms with van der Waals surface area (Å²) in [5.74, 6) is -3.01. The number of carbonyl (C=O) groups is 3. The van der Waals surface area contributed by atoms with Gasteiger partial charge in [0.25, 0.3) is 21.9 Å². The third-order valence-electron chi connectivity index (χ3n) is 6.00. The third-order valence-corrected chi connectivity index (χ3v) is 9.24. The minimum absolute atomic E-state index is 0.0643. The van der Waals surface area contributed by atoms with Crippen LogP contribution in [0.5, 0.6) is 0 Å². The lowest BCUT2D eigenvalue weighted by atomic mass is 10.0. The number of carboxylic acids is 1. The average molecular weight is 640 g/mol. The largest absolute Gasteiger partial charge is 0.477 e. The molecule has 0 spiro atoms. The predicted octanol–water partition coefficient (Wildman–Crippen LogP) is 0.484. The number of amides is 2. The fraction of sp³-hybridized carbons (Fsp3) is 0.318. The Morgan fingerprint density at radius 3 is 2.74 bits per heavy atom. The van der Waals surface area contributed by atoms with Gasteiger partial charge in [-0.25, -0.2) is 4.79 Å². The molecule has 5 rings (SSSR count). The molecule has 2 amide bonds. The maximum atomic E-state index is 13.2. The number of nitrogens with zero attached hydrogens (tertiary/aromatic N) is 5. The molecular formula is C22H21N7O10S3. The van der Waals surface area contributed by atoms with E-state index >= 15 is 0 Å². The van der Waals surface area contributed by atoms with E-state index < -0.39 is 50.3 Å². The molecule has 0 aliphatic carbocycles. The van der Waals surface area contributed by atoms with Crippen molar-refractivity contribution in [2.45, 2.75) is 34.8 Å². The summed E-state index contributed by atoms with van der Waals surface area (Å²) in [4.78, 5) is 45.1. The highest BCUT2D eigenvalue weighted by atomic mass is 32.2. The summed E-state index contributed by atoms with van der Waals surface area (Å²) in [6, 6.07) is 5.22. The van der Waals surface area contributed by atoms with Crippen LogP contribution in [-0.2, 0) is 35.9 Å². The minimum atomic E-state index is -4.38. The topological polar surface area (TPSA) is 243 Å². The molecule has 20 heteroatoms. The zero-order valence-electron chi connectivity index (χ0n) is 21.1. The van der Waals surface area contributed by atoms with Crippen LogP contribution in [0, 0.1) is 0 Å². The number of rotatable bonds is 13. The number of furan rings is 2. The van der Waals surface area contributed by atoms with Crippen molar-refractivity contribution >= 4 is 57.1 Å². The van der Waals surface area contributed by atoms with Gasteiger partial charge < -0.3 is 24.1 Å². The number of hydrogen-bond acceptors (Lipinski definition) is 14. The van der Waals surface area contributed by atoms with Crippen LogP contribution in [0.3, 0.4) is 0 Å². The second-order valence-electron chi connectivity index (χ2n) is 8.69. The molecule has 0 aromatic carbocycles. The molecule has 42 heavy (non-hydrogen) atoms. The van der Waals surface area contributed by atoms with E-state index in [0.717, 1.165) is 16.7 Å². The van der Waals surface area contributed by atoms with Crippen molar-refractivity contribution in [1.29, 1.82) is 0 Å². The molecule has 1 saturated heterocycles. The van der Waals surface area contributed by atoms with E-state index in [1.165, 1.54) is 36.4 Å². The molecule has 17 nitrogen and oxygen atoms in total. The van der Waals surface area contributed by atoms with Crippen LogP contribution in [0.4, 0.5) is 0 Å².